The van der Waals surface area contributed by atoms with Gasteiger partial charge in [0.1, 0.15) is 17.8 Å². The Morgan fingerprint density at radius 3 is 2.75 bits per heavy atom. The van der Waals surface area contributed by atoms with Crippen LogP contribution in [0.1, 0.15) is 12.1 Å². The summed E-state index contributed by atoms with van der Waals surface area (Å²) in [4.78, 5) is 12.2. The monoisotopic (exact) mass is 439 g/mol. The lowest BCUT2D eigenvalue weighted by Gasteiger charge is -2.12. The van der Waals surface area contributed by atoms with Crippen molar-refractivity contribution in [3.05, 3.63) is 48.6 Å². The molecule has 0 atom stereocenters. The van der Waals surface area contributed by atoms with Crippen molar-refractivity contribution in [2.75, 3.05) is 18.4 Å². The SMILES string of the molecule is C1=C(c2cc3c(Nc4ccc5[nH]ncc5c4)ncnc3[nH]2)CCNC1.Cl.Cl.Cl. The van der Waals surface area contributed by atoms with Crippen molar-refractivity contribution in [1.29, 1.82) is 0 Å². The lowest BCUT2D eigenvalue weighted by atomic mass is 10.1. The number of fused-ring (bicyclic) bond motifs is 2. The van der Waals surface area contributed by atoms with Gasteiger partial charge in [0.15, 0.2) is 0 Å². The summed E-state index contributed by atoms with van der Waals surface area (Å²) < 4.78 is 0. The maximum absolute atomic E-state index is 4.43. The first-order valence-corrected chi connectivity index (χ1v) is 8.31. The third-order valence-corrected chi connectivity index (χ3v) is 4.54. The van der Waals surface area contributed by atoms with Crippen LogP contribution in [0.4, 0.5) is 11.5 Å². The molecule has 0 saturated heterocycles. The average molecular weight is 441 g/mol. The van der Waals surface area contributed by atoms with Crippen LogP contribution < -0.4 is 10.6 Å². The van der Waals surface area contributed by atoms with Crippen LogP contribution >= 0.6 is 37.2 Å². The van der Waals surface area contributed by atoms with Crippen LogP contribution in [0, 0.1) is 0 Å². The molecule has 28 heavy (non-hydrogen) atoms. The summed E-state index contributed by atoms with van der Waals surface area (Å²) >= 11 is 0. The van der Waals surface area contributed by atoms with Crippen LogP contribution in [0.3, 0.4) is 0 Å². The van der Waals surface area contributed by atoms with E-state index in [2.05, 4.69) is 54.0 Å². The zero-order valence-corrected chi connectivity index (χ0v) is 17.2. The quantitative estimate of drug-likeness (QED) is 0.383. The molecule has 0 saturated carbocycles. The number of rotatable bonds is 3. The summed E-state index contributed by atoms with van der Waals surface area (Å²) in [5, 5.41) is 15.8. The number of halogens is 3. The molecule has 148 valence electrons. The highest BCUT2D eigenvalue weighted by Gasteiger charge is 2.12. The molecule has 0 bridgehead atoms. The van der Waals surface area contributed by atoms with E-state index >= 15 is 0 Å². The zero-order valence-electron chi connectivity index (χ0n) is 14.7. The molecule has 10 heteroatoms. The second-order valence-corrected chi connectivity index (χ2v) is 6.15. The average Bonchev–Trinajstić information content (AvgIpc) is 3.29. The fraction of sp³-hybridized carbons (Fsp3) is 0.167. The molecule has 5 rings (SSSR count). The van der Waals surface area contributed by atoms with Gasteiger partial charge >= 0.3 is 0 Å². The molecular formula is C18H20Cl3N7. The van der Waals surface area contributed by atoms with Crippen LogP contribution in [-0.4, -0.2) is 38.2 Å². The molecule has 4 heterocycles. The molecule has 1 aromatic carbocycles. The van der Waals surface area contributed by atoms with Gasteiger partial charge in [-0.25, -0.2) is 9.97 Å². The van der Waals surface area contributed by atoms with Gasteiger partial charge < -0.3 is 15.6 Å². The predicted octanol–water partition coefficient (Wildman–Crippen LogP) is 4.22. The van der Waals surface area contributed by atoms with Crippen molar-refractivity contribution >= 4 is 76.2 Å². The van der Waals surface area contributed by atoms with Crippen LogP contribution in [0.5, 0.6) is 0 Å². The molecule has 7 nitrogen and oxygen atoms in total. The van der Waals surface area contributed by atoms with Crippen LogP contribution in [0.2, 0.25) is 0 Å². The summed E-state index contributed by atoms with van der Waals surface area (Å²) in [5.74, 6) is 0.796. The molecule has 0 radical (unpaired) electrons. The Kier molecular flexibility index (Phi) is 7.26. The first-order chi connectivity index (χ1) is 12.4. The molecule has 0 spiro atoms. The molecule has 4 N–H and O–H groups in total. The third kappa shape index (κ3) is 4.07. The largest absolute Gasteiger partial charge is 0.340 e. The van der Waals surface area contributed by atoms with Crippen molar-refractivity contribution in [3.63, 3.8) is 0 Å². The second kappa shape index (κ2) is 9.25. The van der Waals surface area contributed by atoms with E-state index in [4.69, 9.17) is 0 Å². The fourth-order valence-corrected chi connectivity index (χ4v) is 3.24. The van der Waals surface area contributed by atoms with E-state index in [9.17, 15) is 0 Å². The van der Waals surface area contributed by atoms with Gasteiger partial charge in [0.25, 0.3) is 0 Å². The van der Waals surface area contributed by atoms with E-state index in [0.29, 0.717) is 0 Å². The van der Waals surface area contributed by atoms with Crippen molar-refractivity contribution in [3.8, 4) is 0 Å². The molecule has 3 aromatic heterocycles. The summed E-state index contributed by atoms with van der Waals surface area (Å²) in [6.45, 7) is 1.91. The summed E-state index contributed by atoms with van der Waals surface area (Å²) in [6.07, 6.45) is 6.63. The molecule has 0 aliphatic carbocycles. The Morgan fingerprint density at radius 2 is 1.93 bits per heavy atom. The van der Waals surface area contributed by atoms with Gasteiger partial charge in [-0.1, -0.05) is 6.08 Å². The van der Waals surface area contributed by atoms with Crippen LogP contribution in [-0.2, 0) is 0 Å². The van der Waals surface area contributed by atoms with Crippen molar-refractivity contribution < 1.29 is 0 Å². The Labute approximate surface area is 180 Å². The minimum absolute atomic E-state index is 0. The van der Waals surface area contributed by atoms with Gasteiger partial charge in [-0.15, -0.1) is 37.2 Å². The fourth-order valence-electron chi connectivity index (χ4n) is 3.24. The van der Waals surface area contributed by atoms with Gasteiger partial charge in [0, 0.05) is 23.3 Å². The first-order valence-electron chi connectivity index (χ1n) is 8.31. The molecule has 4 aromatic rings. The Balaban J connectivity index is 0.000000934. The van der Waals surface area contributed by atoms with Gasteiger partial charge in [0.2, 0.25) is 0 Å². The first kappa shape index (κ1) is 22.0. The van der Waals surface area contributed by atoms with Crippen LogP contribution in [0.25, 0.3) is 27.5 Å². The highest BCUT2D eigenvalue weighted by Crippen LogP contribution is 2.28. The van der Waals surface area contributed by atoms with Gasteiger partial charge in [-0.3, -0.25) is 5.10 Å². The highest BCUT2D eigenvalue weighted by molar-refractivity contribution is 5.93. The second-order valence-electron chi connectivity index (χ2n) is 6.15. The number of hydrogen-bond donors (Lipinski definition) is 4. The Morgan fingerprint density at radius 1 is 1.04 bits per heavy atom. The Bertz CT molecular complexity index is 1100. The highest BCUT2D eigenvalue weighted by atomic mass is 35.5. The maximum Gasteiger partial charge on any atom is 0.143 e. The van der Waals surface area contributed by atoms with E-state index in [1.807, 2.05) is 18.3 Å². The minimum atomic E-state index is 0. The zero-order chi connectivity index (χ0) is 16.6. The summed E-state index contributed by atoms with van der Waals surface area (Å²) in [6, 6.07) is 8.20. The molecule has 0 amide bonds. The van der Waals surface area contributed by atoms with E-state index < -0.39 is 0 Å². The smallest absolute Gasteiger partial charge is 0.143 e. The van der Waals surface area contributed by atoms with E-state index in [-0.39, 0.29) is 37.2 Å². The number of nitrogens with zero attached hydrogens (tertiary/aromatic N) is 3. The van der Waals surface area contributed by atoms with Crippen molar-refractivity contribution in [1.82, 2.24) is 30.5 Å². The van der Waals surface area contributed by atoms with Crippen LogP contribution in [0.15, 0.2) is 42.9 Å². The third-order valence-electron chi connectivity index (χ3n) is 4.54. The number of aromatic amines is 2. The normalized spacial score (nSPS) is 13.2. The standard InChI is InChI=1S/C18H17N7.3ClH/c1-2-15-12(9-22-25-15)7-13(1)23-17-14-8-16(11-3-5-19-6-4-11)24-18(14)21-10-20-17;;;/h1-3,7-10,19H,4-6H2,(H,22,25)(H2,20,21,23,24);3*1H. The van der Waals surface area contributed by atoms with Gasteiger partial charge in [-0.05, 0) is 42.8 Å². The van der Waals surface area contributed by atoms with Crippen molar-refractivity contribution in [2.24, 2.45) is 0 Å². The van der Waals surface area contributed by atoms with E-state index in [1.165, 1.54) is 5.57 Å². The summed E-state index contributed by atoms with van der Waals surface area (Å²) in [5.41, 5.74) is 5.27. The predicted molar refractivity (Wildman–Crippen MR) is 120 cm³/mol. The lowest BCUT2D eigenvalue weighted by molar-refractivity contribution is 0.737. The summed E-state index contributed by atoms with van der Waals surface area (Å²) in [7, 11) is 0. The number of nitrogens with one attached hydrogen (secondary N) is 4. The lowest BCUT2D eigenvalue weighted by Crippen LogP contribution is -2.20. The minimum Gasteiger partial charge on any atom is -0.340 e. The molecule has 0 fully saturated rings. The number of aromatic nitrogens is 5. The maximum atomic E-state index is 4.43. The number of hydrogen-bond acceptors (Lipinski definition) is 5. The van der Waals surface area contributed by atoms with Gasteiger partial charge in [-0.2, -0.15) is 5.10 Å². The molecule has 0 unspecified atom stereocenters. The molecule has 1 aliphatic heterocycles. The number of anilines is 2. The van der Waals surface area contributed by atoms with E-state index in [1.54, 1.807) is 6.33 Å². The van der Waals surface area contributed by atoms with Crippen molar-refractivity contribution in [2.45, 2.75) is 6.42 Å². The van der Waals surface area contributed by atoms with Gasteiger partial charge in [0.05, 0.1) is 17.1 Å². The topological polar surface area (TPSA) is 94.3 Å². The van der Waals surface area contributed by atoms with E-state index in [0.717, 1.165) is 58.6 Å². The number of H-pyrrole nitrogens is 2. The number of benzene rings is 1. The molecular weight excluding hydrogens is 421 g/mol. The molecule has 1 aliphatic rings. The Hall–Kier alpha value is -2.32.